The smallest absolute Gasteiger partial charge is 0.696 e. The monoisotopic (exact) mass is 235 g/mol. The van der Waals surface area contributed by atoms with Crippen LogP contribution in [0, 0.1) is 20.5 Å². The molecule has 0 N–H and O–H groups in total. The molecule has 0 atom stereocenters. The molecule has 0 aliphatic rings. The second-order valence-electron chi connectivity index (χ2n) is 1.05. The van der Waals surface area contributed by atoms with Crippen LogP contribution in [0.2, 0.25) is 0 Å². The van der Waals surface area contributed by atoms with Crippen LogP contribution < -0.4 is 0 Å². The minimum absolute atomic E-state index is 0. The summed E-state index contributed by atoms with van der Waals surface area (Å²) in [6.07, 6.45) is 0. The minimum Gasteiger partial charge on any atom is -0.696 e. The Balaban J connectivity index is -0.0000000453. The summed E-state index contributed by atoms with van der Waals surface area (Å²) in [6.45, 7) is 0. The van der Waals surface area contributed by atoms with Crippen molar-refractivity contribution in [1.82, 2.24) is 0 Å². The van der Waals surface area contributed by atoms with Gasteiger partial charge in [-0.05, 0) is 0 Å². The standard InChI is InChI=1S/C5H5.CHNS.Cr.2NO/c1-2-4-5-3-1;2-1-3;;2*1-2/h1-5H;3H;;;/q-1;;+4;2*-1/p-1. The third kappa shape index (κ3) is 58.0. The normalized spacial score (nSPS) is 4.23. The van der Waals surface area contributed by atoms with Crippen LogP contribution in [-0.4, -0.2) is 0 Å². The van der Waals surface area contributed by atoms with Crippen LogP contribution in [0.15, 0.2) is 30.3 Å². The van der Waals surface area contributed by atoms with Crippen molar-refractivity contribution in [3.8, 4) is 5.40 Å². The van der Waals surface area contributed by atoms with Crippen molar-refractivity contribution < 1.29 is 17.4 Å². The molecule has 1 rings (SSSR count). The van der Waals surface area contributed by atoms with E-state index in [1.807, 2.05) is 30.3 Å². The Bertz CT molecular complexity index is 159. The zero-order valence-corrected chi connectivity index (χ0v) is 8.45. The molecule has 0 amide bonds. The zero-order chi connectivity index (χ0) is 10.2. The molecule has 7 heteroatoms. The molecule has 0 aromatic heterocycles. The maximum Gasteiger partial charge on any atom is 4.00 e. The molecule has 0 heterocycles. The van der Waals surface area contributed by atoms with Gasteiger partial charge in [-0.15, -0.1) is 0 Å². The van der Waals surface area contributed by atoms with Crippen molar-refractivity contribution in [1.29, 1.82) is 5.26 Å². The van der Waals surface area contributed by atoms with Gasteiger partial charge in [-0.3, -0.25) is 0 Å². The SMILES string of the molecule is N#C[S-].[Cr+4].[N-]=O.[N-]=O.c1cc[cH-]c1. The Labute approximate surface area is 92.2 Å². The van der Waals surface area contributed by atoms with Gasteiger partial charge in [0.2, 0.25) is 0 Å². The summed E-state index contributed by atoms with van der Waals surface area (Å²) < 4.78 is 0. The molecule has 13 heavy (non-hydrogen) atoms. The van der Waals surface area contributed by atoms with Crippen LogP contribution in [0.5, 0.6) is 0 Å². The van der Waals surface area contributed by atoms with Crippen LogP contribution in [0.4, 0.5) is 0 Å². The first-order valence-electron chi connectivity index (χ1n) is 2.46. The molecule has 0 saturated heterocycles. The average Bonchev–Trinajstić information content (AvgIpc) is 2.69. The maximum atomic E-state index is 7.25. The predicted octanol–water partition coefficient (Wildman–Crippen LogP) is 2.06. The first kappa shape index (κ1) is 22.6. The Hall–Kier alpha value is -1.21. The van der Waals surface area contributed by atoms with E-state index in [-0.39, 0.29) is 17.4 Å². The van der Waals surface area contributed by atoms with Crippen LogP contribution in [0.25, 0.3) is 11.2 Å². The number of nitroso groups, excluding NO2 is 2. The second kappa shape index (κ2) is 45.1. The Morgan fingerprint density at radius 3 is 1.46 bits per heavy atom. The second-order valence-corrected chi connectivity index (χ2v) is 1.24. The van der Waals surface area contributed by atoms with Crippen molar-refractivity contribution in [2.45, 2.75) is 0 Å². The third-order valence-corrected chi connectivity index (χ3v) is 0.556. The van der Waals surface area contributed by atoms with E-state index < -0.39 is 0 Å². The Morgan fingerprint density at radius 1 is 1.15 bits per heavy atom. The van der Waals surface area contributed by atoms with Crippen LogP contribution in [-0.2, 0) is 30.0 Å². The molecule has 68 valence electrons. The van der Waals surface area contributed by atoms with Crippen LogP contribution >= 0.6 is 0 Å². The van der Waals surface area contributed by atoms with Gasteiger partial charge in [0.25, 0.3) is 0 Å². The van der Waals surface area contributed by atoms with E-state index in [0.29, 0.717) is 0 Å². The molecule has 0 spiro atoms. The van der Waals surface area contributed by atoms with Gasteiger partial charge in [-0.25, -0.2) is 17.4 Å². The summed E-state index contributed by atoms with van der Waals surface area (Å²) in [7, 11) is 0. The first-order chi connectivity index (χ1) is 5.91. The molecule has 0 unspecified atom stereocenters. The number of nitriles is 1. The molecule has 0 aliphatic heterocycles. The molecule has 0 saturated carbocycles. The van der Waals surface area contributed by atoms with Gasteiger partial charge in [0.15, 0.2) is 0 Å². The minimum atomic E-state index is 0. The zero-order valence-electron chi connectivity index (χ0n) is 6.36. The van der Waals surface area contributed by atoms with E-state index >= 15 is 0 Å². The molecule has 1 aromatic rings. The van der Waals surface area contributed by atoms with Crippen molar-refractivity contribution >= 4 is 12.6 Å². The third-order valence-electron chi connectivity index (χ3n) is 0.556. The average molecular weight is 235 g/mol. The first-order valence-corrected chi connectivity index (χ1v) is 2.87. The van der Waals surface area contributed by atoms with Crippen molar-refractivity contribution in [2.75, 3.05) is 0 Å². The van der Waals surface area contributed by atoms with Gasteiger partial charge in [-0.2, -0.15) is 18.2 Å². The summed E-state index contributed by atoms with van der Waals surface area (Å²) in [5, 5.41) is 8.47. The summed E-state index contributed by atoms with van der Waals surface area (Å²) in [4.78, 5) is 14.5. The number of rotatable bonds is 0. The Morgan fingerprint density at radius 2 is 1.38 bits per heavy atom. The molecule has 0 fully saturated rings. The van der Waals surface area contributed by atoms with Gasteiger partial charge >= 0.3 is 17.4 Å². The van der Waals surface area contributed by atoms with Gasteiger partial charge in [0, 0.05) is 0 Å². The summed E-state index contributed by atoms with van der Waals surface area (Å²) in [5.41, 5.74) is 11.5. The number of thiocyanates is 1. The molecule has 0 aliphatic carbocycles. The summed E-state index contributed by atoms with van der Waals surface area (Å²) in [6, 6.07) is 10.0. The van der Waals surface area contributed by atoms with Crippen molar-refractivity contribution in [3.05, 3.63) is 51.3 Å². The molecule has 0 radical (unpaired) electrons. The largest absolute Gasteiger partial charge is 4.00 e. The van der Waals surface area contributed by atoms with Crippen LogP contribution in [0.1, 0.15) is 0 Å². The summed E-state index contributed by atoms with van der Waals surface area (Å²) in [5.74, 6) is 0. The van der Waals surface area contributed by atoms with E-state index in [2.05, 4.69) is 12.6 Å². The van der Waals surface area contributed by atoms with E-state index in [1.165, 1.54) is 5.40 Å². The van der Waals surface area contributed by atoms with E-state index in [9.17, 15) is 0 Å². The fourth-order valence-electron chi connectivity index (χ4n) is 0.321. The maximum absolute atomic E-state index is 7.25. The van der Waals surface area contributed by atoms with Gasteiger partial charge in [0.1, 0.15) is 0 Å². The Kier molecular flexibility index (Phi) is 78.4. The topological polar surface area (TPSA) is 103 Å². The molecular weight excluding hydrogens is 230 g/mol. The van der Waals surface area contributed by atoms with Gasteiger partial charge in [0.05, 0.1) is 0 Å². The molecule has 5 nitrogen and oxygen atoms in total. The number of nitrogens with zero attached hydrogens (tertiary/aromatic N) is 3. The van der Waals surface area contributed by atoms with E-state index in [0.717, 1.165) is 0 Å². The van der Waals surface area contributed by atoms with Crippen molar-refractivity contribution in [3.63, 3.8) is 0 Å². The molecular formula is C6H5CrN3O2S. The predicted molar refractivity (Wildman–Crippen MR) is 48.5 cm³/mol. The van der Waals surface area contributed by atoms with Crippen molar-refractivity contribution in [2.24, 2.45) is 0 Å². The fraction of sp³-hybridized carbons (Fsp3) is 0. The quantitative estimate of drug-likeness (QED) is 0.390. The van der Waals surface area contributed by atoms with E-state index in [1.54, 1.807) is 0 Å². The van der Waals surface area contributed by atoms with Gasteiger partial charge < -0.3 is 33.6 Å². The van der Waals surface area contributed by atoms with E-state index in [4.69, 9.17) is 26.3 Å². The fourth-order valence-corrected chi connectivity index (χ4v) is 0.321. The summed E-state index contributed by atoms with van der Waals surface area (Å²) >= 11 is 3.70. The van der Waals surface area contributed by atoms with Gasteiger partial charge in [-0.1, -0.05) is 5.40 Å². The van der Waals surface area contributed by atoms with Crippen LogP contribution in [0.3, 0.4) is 0 Å². The molecule has 1 aromatic carbocycles. The molecule has 0 bridgehead atoms. The number of hydrogen-bond acceptors (Lipinski definition) is 4. The number of hydrogen-bond donors (Lipinski definition) is 0.